The van der Waals surface area contributed by atoms with Crippen molar-refractivity contribution in [1.29, 1.82) is 0 Å². The number of aryl methyl sites for hydroxylation is 1. The molecule has 4 nitrogen and oxygen atoms in total. The molecular formula is C16H16F3N3O. The molecule has 0 spiro atoms. The number of para-hydroxylation sites is 1. The summed E-state index contributed by atoms with van der Waals surface area (Å²) in [6, 6.07) is 7.04. The summed E-state index contributed by atoms with van der Waals surface area (Å²) in [4.78, 5) is 16.0. The lowest BCUT2D eigenvalue weighted by Gasteiger charge is -2.13. The minimum Gasteiger partial charge on any atom is -0.398 e. The SMILES string of the molecule is Nc1c(C(=O)NCCCc2cccnc2)cccc1C(F)(F)F. The minimum absolute atomic E-state index is 0.166. The third-order valence-electron chi connectivity index (χ3n) is 3.31. The number of alkyl halides is 3. The van der Waals surface area contributed by atoms with Gasteiger partial charge < -0.3 is 11.1 Å². The zero-order chi connectivity index (χ0) is 16.9. The van der Waals surface area contributed by atoms with Crippen LogP contribution in [0.5, 0.6) is 0 Å². The van der Waals surface area contributed by atoms with Gasteiger partial charge in [-0.2, -0.15) is 13.2 Å². The van der Waals surface area contributed by atoms with Gasteiger partial charge in [0.05, 0.1) is 16.8 Å². The maximum Gasteiger partial charge on any atom is 0.418 e. The highest BCUT2D eigenvalue weighted by molar-refractivity contribution is 5.99. The zero-order valence-corrected chi connectivity index (χ0v) is 12.2. The standard InChI is InChI=1S/C16H16F3N3O/c17-16(18,19)13-7-1-6-12(14(13)20)15(23)22-9-3-5-11-4-2-8-21-10-11/h1-2,4,6-8,10H,3,5,9,20H2,(H,22,23). The van der Waals surface area contributed by atoms with Gasteiger partial charge in [0.2, 0.25) is 0 Å². The van der Waals surface area contributed by atoms with E-state index in [1.54, 1.807) is 12.4 Å². The molecule has 0 bridgehead atoms. The molecule has 0 aliphatic heterocycles. The fourth-order valence-corrected chi connectivity index (χ4v) is 2.15. The van der Waals surface area contributed by atoms with E-state index < -0.39 is 23.3 Å². The van der Waals surface area contributed by atoms with Gasteiger partial charge in [-0.05, 0) is 36.6 Å². The van der Waals surface area contributed by atoms with Gasteiger partial charge in [0.1, 0.15) is 0 Å². The number of carbonyl (C=O) groups is 1. The topological polar surface area (TPSA) is 68.0 Å². The Morgan fingerprint density at radius 2 is 2.00 bits per heavy atom. The summed E-state index contributed by atoms with van der Waals surface area (Å²) in [6.07, 6.45) is 0.178. The number of nitrogens with two attached hydrogens (primary N) is 1. The van der Waals surface area contributed by atoms with Crippen LogP contribution in [0.1, 0.15) is 27.9 Å². The molecule has 7 heteroatoms. The minimum atomic E-state index is -4.58. The molecular weight excluding hydrogens is 307 g/mol. The Morgan fingerprint density at radius 3 is 2.65 bits per heavy atom. The van der Waals surface area contributed by atoms with Crippen LogP contribution in [-0.2, 0) is 12.6 Å². The van der Waals surface area contributed by atoms with Crippen molar-refractivity contribution in [2.24, 2.45) is 0 Å². The number of anilines is 1. The van der Waals surface area contributed by atoms with E-state index in [4.69, 9.17) is 5.73 Å². The van der Waals surface area contributed by atoms with Crippen LogP contribution in [0.4, 0.5) is 18.9 Å². The maximum atomic E-state index is 12.8. The second kappa shape index (κ2) is 7.13. The predicted molar refractivity (Wildman–Crippen MR) is 80.7 cm³/mol. The molecule has 0 radical (unpaired) electrons. The molecule has 3 N–H and O–H groups in total. The molecule has 23 heavy (non-hydrogen) atoms. The summed E-state index contributed by atoms with van der Waals surface area (Å²) >= 11 is 0. The van der Waals surface area contributed by atoms with Gasteiger partial charge in [-0.3, -0.25) is 9.78 Å². The maximum absolute atomic E-state index is 12.8. The van der Waals surface area contributed by atoms with Crippen LogP contribution in [0.3, 0.4) is 0 Å². The number of rotatable bonds is 5. The molecule has 0 saturated carbocycles. The fourth-order valence-electron chi connectivity index (χ4n) is 2.15. The molecule has 1 amide bonds. The zero-order valence-electron chi connectivity index (χ0n) is 12.2. The van der Waals surface area contributed by atoms with Crippen molar-refractivity contribution < 1.29 is 18.0 Å². The van der Waals surface area contributed by atoms with Gasteiger partial charge in [-0.1, -0.05) is 12.1 Å². The van der Waals surface area contributed by atoms with Crippen molar-refractivity contribution in [3.05, 3.63) is 59.4 Å². The van der Waals surface area contributed by atoms with Crippen LogP contribution in [-0.4, -0.2) is 17.4 Å². The summed E-state index contributed by atoms with van der Waals surface area (Å²) in [5.41, 5.74) is 4.79. The molecule has 0 fully saturated rings. The van der Waals surface area contributed by atoms with Crippen molar-refractivity contribution in [1.82, 2.24) is 10.3 Å². The van der Waals surface area contributed by atoms with E-state index in [1.165, 1.54) is 12.1 Å². The van der Waals surface area contributed by atoms with Crippen LogP contribution in [0.2, 0.25) is 0 Å². The van der Waals surface area contributed by atoms with Crippen molar-refractivity contribution in [3.63, 3.8) is 0 Å². The van der Waals surface area contributed by atoms with Gasteiger partial charge >= 0.3 is 6.18 Å². The summed E-state index contributed by atoms with van der Waals surface area (Å²) in [5.74, 6) is -0.611. The van der Waals surface area contributed by atoms with Crippen molar-refractivity contribution in [3.8, 4) is 0 Å². The van der Waals surface area contributed by atoms with E-state index in [1.807, 2.05) is 12.1 Å². The number of pyridine rings is 1. The average Bonchev–Trinajstić information content (AvgIpc) is 2.51. The smallest absolute Gasteiger partial charge is 0.398 e. The number of carbonyl (C=O) groups excluding carboxylic acids is 1. The van der Waals surface area contributed by atoms with Crippen LogP contribution in [0.25, 0.3) is 0 Å². The summed E-state index contributed by atoms with van der Waals surface area (Å²) in [6.45, 7) is 0.337. The Bertz CT molecular complexity index is 672. The highest BCUT2D eigenvalue weighted by Gasteiger charge is 2.34. The predicted octanol–water partition coefficient (Wildman–Crippen LogP) is 3.05. The van der Waals surface area contributed by atoms with Gasteiger partial charge in [0.25, 0.3) is 5.91 Å². The first-order valence-electron chi connectivity index (χ1n) is 7.02. The van der Waals surface area contributed by atoms with Gasteiger partial charge in [-0.15, -0.1) is 0 Å². The number of nitrogens with zero attached hydrogens (tertiary/aromatic N) is 1. The van der Waals surface area contributed by atoms with Crippen LogP contribution >= 0.6 is 0 Å². The monoisotopic (exact) mass is 323 g/mol. The Morgan fingerprint density at radius 1 is 1.22 bits per heavy atom. The molecule has 1 aromatic heterocycles. The van der Waals surface area contributed by atoms with E-state index in [0.717, 1.165) is 11.6 Å². The Labute approximate surface area is 131 Å². The number of hydrogen-bond donors (Lipinski definition) is 2. The molecule has 2 rings (SSSR count). The number of hydrogen-bond acceptors (Lipinski definition) is 3. The number of halogens is 3. The van der Waals surface area contributed by atoms with E-state index >= 15 is 0 Å². The molecule has 2 aromatic rings. The fraction of sp³-hybridized carbons (Fsp3) is 0.250. The number of aromatic nitrogens is 1. The molecule has 0 saturated heterocycles. The number of amides is 1. The summed E-state index contributed by atoms with van der Waals surface area (Å²) in [7, 11) is 0. The van der Waals surface area contributed by atoms with Gasteiger partial charge in [-0.25, -0.2) is 0 Å². The second-order valence-electron chi connectivity index (χ2n) is 4.99. The van der Waals surface area contributed by atoms with E-state index in [0.29, 0.717) is 19.4 Å². The lowest BCUT2D eigenvalue weighted by molar-refractivity contribution is -0.136. The van der Waals surface area contributed by atoms with E-state index in [9.17, 15) is 18.0 Å². The second-order valence-corrected chi connectivity index (χ2v) is 4.99. The van der Waals surface area contributed by atoms with Crippen molar-refractivity contribution in [2.45, 2.75) is 19.0 Å². The quantitative estimate of drug-likeness (QED) is 0.656. The van der Waals surface area contributed by atoms with Gasteiger partial charge in [0, 0.05) is 18.9 Å². The molecule has 1 aromatic carbocycles. The molecule has 0 aliphatic carbocycles. The Balaban J connectivity index is 1.94. The highest BCUT2D eigenvalue weighted by Crippen LogP contribution is 2.34. The number of nitrogens with one attached hydrogen (secondary N) is 1. The normalized spacial score (nSPS) is 11.3. The first-order chi connectivity index (χ1) is 10.9. The van der Waals surface area contributed by atoms with Crippen molar-refractivity contribution >= 4 is 11.6 Å². The van der Waals surface area contributed by atoms with E-state index in [-0.39, 0.29) is 5.56 Å². The Kier molecular flexibility index (Phi) is 5.20. The van der Waals surface area contributed by atoms with Crippen molar-refractivity contribution in [2.75, 3.05) is 12.3 Å². The number of nitrogen functional groups attached to an aromatic ring is 1. The molecule has 122 valence electrons. The Hall–Kier alpha value is -2.57. The van der Waals surface area contributed by atoms with E-state index in [2.05, 4.69) is 10.3 Å². The molecule has 0 aliphatic rings. The average molecular weight is 323 g/mol. The number of benzene rings is 1. The highest BCUT2D eigenvalue weighted by atomic mass is 19.4. The van der Waals surface area contributed by atoms with Crippen LogP contribution < -0.4 is 11.1 Å². The third kappa shape index (κ3) is 4.45. The van der Waals surface area contributed by atoms with Crippen LogP contribution in [0.15, 0.2) is 42.7 Å². The largest absolute Gasteiger partial charge is 0.418 e. The lowest BCUT2D eigenvalue weighted by Crippen LogP contribution is -2.26. The molecule has 1 heterocycles. The molecule has 0 unspecified atom stereocenters. The van der Waals surface area contributed by atoms with Gasteiger partial charge in [0.15, 0.2) is 0 Å². The lowest BCUT2D eigenvalue weighted by atomic mass is 10.1. The first kappa shape index (κ1) is 16.8. The first-order valence-corrected chi connectivity index (χ1v) is 7.02. The van der Waals surface area contributed by atoms with Crippen LogP contribution in [0, 0.1) is 0 Å². The summed E-state index contributed by atoms with van der Waals surface area (Å²) in [5, 5.41) is 2.58. The third-order valence-corrected chi connectivity index (χ3v) is 3.31. The summed E-state index contributed by atoms with van der Waals surface area (Å²) < 4.78 is 38.3. The molecule has 0 atom stereocenters.